The number of likely N-dealkylation sites (N-methyl/N-ethyl adjacent to an activating group) is 2. The molecule has 1 unspecified atom stereocenters. The number of nitrogens with zero attached hydrogens (tertiary/aromatic N) is 3. The molecule has 8 heteroatoms. The Kier molecular flexibility index (Phi) is 5.72. The van der Waals surface area contributed by atoms with Crippen LogP contribution in [0.25, 0.3) is 0 Å². The van der Waals surface area contributed by atoms with Crippen LogP contribution in [0.4, 0.5) is 4.79 Å². The first kappa shape index (κ1) is 20.6. The van der Waals surface area contributed by atoms with E-state index >= 15 is 0 Å². The molecule has 29 heavy (non-hydrogen) atoms. The van der Waals surface area contributed by atoms with Crippen molar-refractivity contribution in [1.82, 2.24) is 20.2 Å². The number of hydrogen-bond donors (Lipinski definition) is 1. The molecule has 2 aliphatic heterocycles. The number of urea groups is 1. The van der Waals surface area contributed by atoms with Crippen molar-refractivity contribution in [3.63, 3.8) is 0 Å². The molecule has 8 nitrogen and oxygen atoms in total. The minimum atomic E-state index is -0.674. The van der Waals surface area contributed by atoms with E-state index in [1.807, 2.05) is 30.3 Å². The number of carbonyl (C=O) groups excluding carboxylic acids is 4. The van der Waals surface area contributed by atoms with E-state index in [2.05, 4.69) is 19.3 Å². The van der Waals surface area contributed by atoms with Gasteiger partial charge in [0.1, 0.15) is 5.57 Å². The van der Waals surface area contributed by atoms with Crippen molar-refractivity contribution in [2.24, 2.45) is 5.92 Å². The molecule has 0 spiro atoms. The zero-order valence-corrected chi connectivity index (χ0v) is 17.1. The first-order chi connectivity index (χ1) is 13.7. The highest BCUT2D eigenvalue weighted by Crippen LogP contribution is 2.35. The lowest BCUT2D eigenvalue weighted by atomic mass is 9.99. The highest BCUT2D eigenvalue weighted by atomic mass is 16.2. The average molecular weight is 398 g/mol. The minimum absolute atomic E-state index is 0.100. The Balaban J connectivity index is 1.98. The largest absolute Gasteiger partial charge is 0.333 e. The monoisotopic (exact) mass is 398 g/mol. The summed E-state index contributed by atoms with van der Waals surface area (Å²) in [4.78, 5) is 52.1. The fourth-order valence-electron chi connectivity index (χ4n) is 3.51. The summed E-state index contributed by atoms with van der Waals surface area (Å²) in [5.74, 6) is -1.05. The summed E-state index contributed by atoms with van der Waals surface area (Å²) in [6, 6.07) is 8.46. The summed E-state index contributed by atoms with van der Waals surface area (Å²) in [6.07, 6.45) is 1.39. The second kappa shape index (κ2) is 8.06. The number of carbonyl (C=O) groups is 4. The Labute approximate surface area is 170 Å². The topological polar surface area (TPSA) is 90.0 Å². The molecule has 2 heterocycles. The Morgan fingerprint density at radius 3 is 2.21 bits per heavy atom. The van der Waals surface area contributed by atoms with Crippen molar-refractivity contribution in [1.29, 1.82) is 0 Å². The SMILES string of the molecule is CC(C)CCC(=O)N1NC(=C2C(=O)N(C)C(=O)N(C)C2=O)CC1c1ccccc1. The molecule has 5 amide bonds. The summed E-state index contributed by atoms with van der Waals surface area (Å²) in [5.41, 5.74) is 4.17. The van der Waals surface area contributed by atoms with Gasteiger partial charge in [-0.3, -0.25) is 29.6 Å². The summed E-state index contributed by atoms with van der Waals surface area (Å²) >= 11 is 0. The van der Waals surface area contributed by atoms with Crippen molar-refractivity contribution in [2.45, 2.75) is 39.2 Å². The van der Waals surface area contributed by atoms with Crippen LogP contribution < -0.4 is 5.43 Å². The van der Waals surface area contributed by atoms with Gasteiger partial charge in [0.15, 0.2) is 0 Å². The lowest BCUT2D eigenvalue weighted by Crippen LogP contribution is -2.54. The van der Waals surface area contributed by atoms with E-state index in [-0.39, 0.29) is 17.5 Å². The van der Waals surface area contributed by atoms with Crippen molar-refractivity contribution < 1.29 is 19.2 Å². The number of nitrogens with one attached hydrogen (secondary N) is 1. The van der Waals surface area contributed by atoms with E-state index in [1.54, 1.807) is 0 Å². The number of rotatable bonds is 4. The highest BCUT2D eigenvalue weighted by molar-refractivity contribution is 6.28. The lowest BCUT2D eigenvalue weighted by molar-refractivity contribution is -0.136. The molecule has 1 aromatic rings. The molecule has 0 bridgehead atoms. The van der Waals surface area contributed by atoms with Crippen LogP contribution in [0, 0.1) is 5.92 Å². The molecule has 0 radical (unpaired) electrons. The molecule has 2 fully saturated rings. The lowest BCUT2D eigenvalue weighted by Gasteiger charge is -2.30. The molecule has 1 aromatic carbocycles. The van der Waals surface area contributed by atoms with Gasteiger partial charge in [-0.25, -0.2) is 9.80 Å². The fourth-order valence-corrected chi connectivity index (χ4v) is 3.51. The first-order valence-electron chi connectivity index (χ1n) is 9.69. The summed E-state index contributed by atoms with van der Waals surface area (Å²) in [6.45, 7) is 4.10. The fraction of sp³-hybridized carbons (Fsp3) is 0.429. The van der Waals surface area contributed by atoms with Crippen molar-refractivity contribution in [2.75, 3.05) is 14.1 Å². The third-order valence-electron chi connectivity index (χ3n) is 5.27. The summed E-state index contributed by atoms with van der Waals surface area (Å²) < 4.78 is 0. The predicted molar refractivity (Wildman–Crippen MR) is 106 cm³/mol. The quantitative estimate of drug-likeness (QED) is 0.620. The van der Waals surface area contributed by atoms with Crippen LogP contribution in [0.15, 0.2) is 41.6 Å². The minimum Gasteiger partial charge on any atom is -0.298 e. The van der Waals surface area contributed by atoms with Crippen LogP contribution in [0.3, 0.4) is 0 Å². The van der Waals surface area contributed by atoms with Gasteiger partial charge >= 0.3 is 6.03 Å². The van der Waals surface area contributed by atoms with Gasteiger partial charge in [-0.15, -0.1) is 0 Å². The zero-order chi connectivity index (χ0) is 21.3. The Bertz CT molecular complexity index is 852. The Hall–Kier alpha value is -3.16. The number of benzene rings is 1. The number of barbiturate groups is 1. The maximum Gasteiger partial charge on any atom is 0.333 e. The third kappa shape index (κ3) is 3.87. The normalized spacial score (nSPS) is 20.1. The van der Waals surface area contributed by atoms with Crippen LogP contribution in [0.5, 0.6) is 0 Å². The predicted octanol–water partition coefficient (Wildman–Crippen LogP) is 2.21. The molecule has 2 saturated heterocycles. The number of hydrazine groups is 1. The van der Waals surface area contributed by atoms with Gasteiger partial charge in [0.05, 0.1) is 11.7 Å². The molecular formula is C21H26N4O4. The van der Waals surface area contributed by atoms with Crippen molar-refractivity contribution in [3.8, 4) is 0 Å². The smallest absolute Gasteiger partial charge is 0.298 e. The molecular weight excluding hydrogens is 372 g/mol. The van der Waals surface area contributed by atoms with Gasteiger partial charge in [-0.2, -0.15) is 0 Å². The molecule has 0 saturated carbocycles. The van der Waals surface area contributed by atoms with Gasteiger partial charge < -0.3 is 0 Å². The first-order valence-corrected chi connectivity index (χ1v) is 9.69. The van der Waals surface area contributed by atoms with Gasteiger partial charge in [-0.05, 0) is 17.9 Å². The molecule has 3 rings (SSSR count). The van der Waals surface area contributed by atoms with Gasteiger partial charge in [0.25, 0.3) is 11.8 Å². The van der Waals surface area contributed by atoms with Crippen LogP contribution >= 0.6 is 0 Å². The van der Waals surface area contributed by atoms with E-state index in [1.165, 1.54) is 19.1 Å². The second-order valence-electron chi connectivity index (χ2n) is 7.80. The molecule has 2 aliphatic rings. The van der Waals surface area contributed by atoms with Crippen molar-refractivity contribution in [3.05, 3.63) is 47.2 Å². The van der Waals surface area contributed by atoms with E-state index < -0.39 is 17.8 Å². The van der Waals surface area contributed by atoms with Gasteiger partial charge in [0.2, 0.25) is 5.91 Å². The number of imide groups is 2. The number of hydrogen-bond acceptors (Lipinski definition) is 5. The second-order valence-corrected chi connectivity index (χ2v) is 7.80. The van der Waals surface area contributed by atoms with Crippen LogP contribution in [0.1, 0.15) is 44.7 Å². The molecule has 1 atom stereocenters. The van der Waals surface area contributed by atoms with E-state index in [9.17, 15) is 19.2 Å². The highest BCUT2D eigenvalue weighted by Gasteiger charge is 2.43. The maximum absolute atomic E-state index is 12.9. The van der Waals surface area contributed by atoms with E-state index in [0.29, 0.717) is 24.5 Å². The van der Waals surface area contributed by atoms with Crippen LogP contribution in [-0.4, -0.2) is 52.7 Å². The van der Waals surface area contributed by atoms with Gasteiger partial charge in [0, 0.05) is 26.9 Å². The maximum atomic E-state index is 12.9. The Morgan fingerprint density at radius 2 is 1.66 bits per heavy atom. The third-order valence-corrected chi connectivity index (χ3v) is 5.27. The Morgan fingerprint density at radius 1 is 1.07 bits per heavy atom. The van der Waals surface area contributed by atoms with Gasteiger partial charge in [-0.1, -0.05) is 44.2 Å². The molecule has 0 aromatic heterocycles. The van der Waals surface area contributed by atoms with Crippen molar-refractivity contribution >= 4 is 23.8 Å². The molecule has 154 valence electrons. The van der Waals surface area contributed by atoms with Crippen LogP contribution in [-0.2, 0) is 14.4 Å². The van der Waals surface area contributed by atoms with E-state index in [4.69, 9.17) is 0 Å². The molecule has 1 N–H and O–H groups in total. The standard InChI is InChI=1S/C21H26N4O4/c1-13(2)10-11-17(26)25-16(14-8-6-5-7-9-14)12-15(22-25)18-19(27)23(3)21(29)24(4)20(18)28/h5-9,13,16,22H,10-12H2,1-4H3. The molecule has 0 aliphatic carbocycles. The summed E-state index contributed by atoms with van der Waals surface area (Å²) in [7, 11) is 2.67. The van der Waals surface area contributed by atoms with Crippen LogP contribution in [0.2, 0.25) is 0 Å². The average Bonchev–Trinajstić information content (AvgIpc) is 3.15. The van der Waals surface area contributed by atoms with E-state index in [0.717, 1.165) is 21.8 Å². The zero-order valence-electron chi connectivity index (χ0n) is 17.1. The number of amides is 5. The summed E-state index contributed by atoms with van der Waals surface area (Å²) in [5, 5.41) is 1.51.